The zero-order valence-electron chi connectivity index (χ0n) is 9.30. The number of hydrogen-bond acceptors (Lipinski definition) is 8. The molecule has 0 spiro atoms. The van der Waals surface area contributed by atoms with Gasteiger partial charge >= 0.3 is 0 Å². The van der Waals surface area contributed by atoms with Crippen molar-refractivity contribution in [3.63, 3.8) is 0 Å². The summed E-state index contributed by atoms with van der Waals surface area (Å²) in [5.41, 5.74) is 10.9. The van der Waals surface area contributed by atoms with Crippen molar-refractivity contribution < 1.29 is 9.47 Å². The number of nitrogens with one attached hydrogen (secondary N) is 1. The van der Waals surface area contributed by atoms with Gasteiger partial charge in [-0.3, -0.25) is 0 Å². The summed E-state index contributed by atoms with van der Waals surface area (Å²) in [6.45, 7) is 2.77. The average Bonchev–Trinajstić information content (AvgIpc) is 2.16. The second-order valence-electron chi connectivity index (χ2n) is 2.92. The third-order valence-electron chi connectivity index (χ3n) is 1.65. The Balaban J connectivity index is 2.68. The van der Waals surface area contributed by atoms with E-state index < -0.39 is 0 Å². The molecule has 1 heterocycles. The fourth-order valence-corrected chi connectivity index (χ4v) is 1.10. The van der Waals surface area contributed by atoms with Crippen molar-refractivity contribution in [1.82, 2.24) is 15.0 Å². The third-order valence-corrected chi connectivity index (χ3v) is 1.65. The lowest BCUT2D eigenvalue weighted by atomic mass is 10.6. The zero-order chi connectivity index (χ0) is 12.0. The van der Waals surface area contributed by atoms with Gasteiger partial charge in [-0.25, -0.2) is 0 Å². The van der Waals surface area contributed by atoms with Crippen LogP contribution in [0.1, 0.15) is 6.92 Å². The van der Waals surface area contributed by atoms with Gasteiger partial charge in [0.25, 0.3) is 0 Å². The van der Waals surface area contributed by atoms with Gasteiger partial charge in [-0.2, -0.15) is 15.0 Å². The first-order valence-electron chi connectivity index (χ1n) is 4.79. The van der Waals surface area contributed by atoms with Crippen molar-refractivity contribution in [3.8, 4) is 0 Å². The second-order valence-corrected chi connectivity index (χ2v) is 2.92. The normalized spacial score (nSPS) is 12.4. The molecule has 1 unspecified atom stereocenters. The van der Waals surface area contributed by atoms with Gasteiger partial charge in [0.2, 0.25) is 17.8 Å². The van der Waals surface area contributed by atoms with E-state index in [0.29, 0.717) is 13.2 Å². The van der Waals surface area contributed by atoms with Crippen LogP contribution in [0.25, 0.3) is 0 Å². The Bertz CT molecular complexity index is 308. The van der Waals surface area contributed by atoms with E-state index in [0.717, 1.165) is 0 Å². The van der Waals surface area contributed by atoms with Crippen LogP contribution >= 0.6 is 0 Å². The molecular formula is C8H16N6O2. The number of anilines is 3. The highest BCUT2D eigenvalue weighted by Crippen LogP contribution is 2.06. The van der Waals surface area contributed by atoms with Gasteiger partial charge in [0.15, 0.2) is 6.23 Å². The largest absolute Gasteiger partial charge is 0.380 e. The van der Waals surface area contributed by atoms with Crippen LogP contribution in [0.15, 0.2) is 0 Å². The summed E-state index contributed by atoms with van der Waals surface area (Å²) in [5.74, 6) is 0.380. The molecule has 0 fully saturated rings. The van der Waals surface area contributed by atoms with Crippen LogP contribution in [0, 0.1) is 0 Å². The number of methoxy groups -OCH3 is 1. The van der Waals surface area contributed by atoms with Crippen LogP contribution < -0.4 is 16.8 Å². The van der Waals surface area contributed by atoms with Crippen molar-refractivity contribution in [3.05, 3.63) is 0 Å². The molecule has 8 nitrogen and oxygen atoms in total. The van der Waals surface area contributed by atoms with E-state index >= 15 is 0 Å². The van der Waals surface area contributed by atoms with E-state index in [2.05, 4.69) is 20.3 Å². The van der Waals surface area contributed by atoms with Crippen LogP contribution in [0.2, 0.25) is 0 Å². The summed E-state index contributed by atoms with van der Waals surface area (Å²) in [7, 11) is 1.57. The predicted octanol–water partition coefficient (Wildman–Crippen LogP) is -0.543. The average molecular weight is 228 g/mol. The molecule has 1 atom stereocenters. The Morgan fingerprint density at radius 2 is 1.88 bits per heavy atom. The molecule has 0 aliphatic carbocycles. The highest BCUT2D eigenvalue weighted by molar-refractivity contribution is 5.37. The standard InChI is InChI=1S/C8H16N6O2/c1-3-16-5(4-15-2)11-8-13-6(9)12-7(10)14-8/h5H,3-4H2,1-2H3,(H5,9,10,11,12,13,14). The molecule has 0 bridgehead atoms. The number of nitrogens with zero attached hydrogens (tertiary/aromatic N) is 3. The van der Waals surface area contributed by atoms with Gasteiger partial charge in [-0.15, -0.1) is 0 Å². The zero-order valence-corrected chi connectivity index (χ0v) is 9.30. The molecule has 16 heavy (non-hydrogen) atoms. The van der Waals surface area contributed by atoms with Crippen molar-refractivity contribution in [1.29, 1.82) is 0 Å². The van der Waals surface area contributed by atoms with Crippen LogP contribution in [0.3, 0.4) is 0 Å². The molecule has 90 valence electrons. The van der Waals surface area contributed by atoms with E-state index in [-0.39, 0.29) is 24.1 Å². The van der Waals surface area contributed by atoms with Crippen LogP contribution in [-0.4, -0.2) is 41.5 Å². The molecule has 1 aromatic rings. The molecular weight excluding hydrogens is 212 g/mol. The monoisotopic (exact) mass is 228 g/mol. The molecule has 0 radical (unpaired) electrons. The first-order valence-corrected chi connectivity index (χ1v) is 4.79. The molecule has 1 aromatic heterocycles. The number of nitrogens with two attached hydrogens (primary N) is 2. The van der Waals surface area contributed by atoms with Gasteiger partial charge in [0.1, 0.15) is 0 Å². The molecule has 5 N–H and O–H groups in total. The first-order chi connectivity index (χ1) is 7.65. The minimum absolute atomic E-state index is 0.0580. The second kappa shape index (κ2) is 6.03. The van der Waals surface area contributed by atoms with E-state index in [1.54, 1.807) is 7.11 Å². The van der Waals surface area contributed by atoms with Gasteiger partial charge in [-0.1, -0.05) is 0 Å². The van der Waals surface area contributed by atoms with Crippen LogP contribution in [0.5, 0.6) is 0 Å². The SMILES string of the molecule is CCOC(COC)Nc1nc(N)nc(N)n1. The highest BCUT2D eigenvalue weighted by Gasteiger charge is 2.10. The molecule has 0 saturated carbocycles. The van der Waals surface area contributed by atoms with Gasteiger partial charge in [0.05, 0.1) is 6.61 Å². The highest BCUT2D eigenvalue weighted by atomic mass is 16.5. The maximum absolute atomic E-state index is 5.43. The van der Waals surface area contributed by atoms with Crippen molar-refractivity contribution >= 4 is 17.8 Å². The Morgan fingerprint density at radius 1 is 1.25 bits per heavy atom. The van der Waals surface area contributed by atoms with E-state index in [1.165, 1.54) is 0 Å². The smallest absolute Gasteiger partial charge is 0.231 e. The maximum Gasteiger partial charge on any atom is 0.231 e. The maximum atomic E-state index is 5.43. The summed E-state index contributed by atoms with van der Waals surface area (Å²) in [6.07, 6.45) is -0.351. The Labute approximate surface area is 93.4 Å². The molecule has 0 saturated heterocycles. The molecule has 0 aliphatic heterocycles. The van der Waals surface area contributed by atoms with Crippen LogP contribution in [-0.2, 0) is 9.47 Å². The summed E-state index contributed by atoms with van der Waals surface area (Å²) in [6, 6.07) is 0. The van der Waals surface area contributed by atoms with E-state index in [4.69, 9.17) is 20.9 Å². The molecule has 8 heteroatoms. The number of aromatic nitrogens is 3. The summed E-state index contributed by atoms with van der Waals surface area (Å²) in [5, 5.41) is 2.89. The Morgan fingerprint density at radius 3 is 2.38 bits per heavy atom. The topological polar surface area (TPSA) is 121 Å². The third kappa shape index (κ3) is 3.83. The lowest BCUT2D eigenvalue weighted by Gasteiger charge is -2.17. The van der Waals surface area contributed by atoms with E-state index in [1.807, 2.05) is 6.92 Å². The number of ether oxygens (including phenoxy) is 2. The molecule has 0 aliphatic rings. The Kier molecular flexibility index (Phi) is 4.67. The number of rotatable bonds is 6. The lowest BCUT2D eigenvalue weighted by molar-refractivity contribution is 0.0205. The number of nitrogen functional groups attached to an aromatic ring is 2. The predicted molar refractivity (Wildman–Crippen MR) is 59.6 cm³/mol. The first kappa shape index (κ1) is 12.4. The molecule has 0 amide bonds. The van der Waals surface area contributed by atoms with Gasteiger partial charge < -0.3 is 26.3 Å². The van der Waals surface area contributed by atoms with Crippen molar-refractivity contribution in [2.45, 2.75) is 13.2 Å². The van der Waals surface area contributed by atoms with E-state index in [9.17, 15) is 0 Å². The Hall–Kier alpha value is -1.67. The quantitative estimate of drug-likeness (QED) is 0.555. The fraction of sp³-hybridized carbons (Fsp3) is 0.625. The minimum atomic E-state index is -0.351. The minimum Gasteiger partial charge on any atom is -0.380 e. The molecule has 0 aromatic carbocycles. The van der Waals surface area contributed by atoms with Crippen LogP contribution in [0.4, 0.5) is 17.8 Å². The fourth-order valence-electron chi connectivity index (χ4n) is 1.10. The molecule has 1 rings (SSSR count). The summed E-state index contributed by atoms with van der Waals surface area (Å²) >= 11 is 0. The van der Waals surface area contributed by atoms with Gasteiger partial charge in [0, 0.05) is 13.7 Å². The number of hydrogen-bond donors (Lipinski definition) is 3. The summed E-state index contributed by atoms with van der Waals surface area (Å²) < 4.78 is 10.3. The van der Waals surface area contributed by atoms with Crippen molar-refractivity contribution in [2.75, 3.05) is 37.1 Å². The van der Waals surface area contributed by atoms with Crippen molar-refractivity contribution in [2.24, 2.45) is 0 Å². The summed E-state index contributed by atoms with van der Waals surface area (Å²) in [4.78, 5) is 11.4. The lowest BCUT2D eigenvalue weighted by Crippen LogP contribution is -2.29. The van der Waals surface area contributed by atoms with Gasteiger partial charge in [-0.05, 0) is 6.92 Å².